The summed E-state index contributed by atoms with van der Waals surface area (Å²) in [6, 6.07) is 0. The summed E-state index contributed by atoms with van der Waals surface area (Å²) in [4.78, 5) is 35.7. The topological polar surface area (TPSA) is 177 Å². The molecule has 0 aromatic heterocycles. The summed E-state index contributed by atoms with van der Waals surface area (Å²) in [5, 5.41) is 31.7. The van der Waals surface area contributed by atoms with E-state index in [1.54, 1.807) is 26.8 Å². The van der Waals surface area contributed by atoms with Crippen LogP contribution in [0, 0.1) is 5.41 Å². The number of carbonyl (C=O) groups is 3. The summed E-state index contributed by atoms with van der Waals surface area (Å²) in [6.07, 6.45) is -0.608. The van der Waals surface area contributed by atoms with Gasteiger partial charge in [-0.25, -0.2) is 4.79 Å². The second-order valence-electron chi connectivity index (χ2n) is 11.3. The highest BCUT2D eigenvalue weighted by Gasteiger charge is 2.56. The third kappa shape index (κ3) is 10.7. The molecule has 3 N–H and O–H groups in total. The van der Waals surface area contributed by atoms with Gasteiger partial charge in [-0.15, -0.1) is 0 Å². The molecule has 0 amide bonds. The highest BCUT2D eigenvalue weighted by Crippen LogP contribution is 2.45. The largest absolute Gasteiger partial charge is 0.466 e. The van der Waals surface area contributed by atoms with E-state index in [0.29, 0.717) is 19.6 Å². The monoisotopic (exact) mass is 602 g/mol. The molecule has 7 atom stereocenters. The first-order chi connectivity index (χ1) is 19.9. The van der Waals surface area contributed by atoms with Crippen LogP contribution >= 0.6 is 0 Å². The van der Waals surface area contributed by atoms with Gasteiger partial charge in [-0.3, -0.25) is 9.59 Å². The lowest BCUT2D eigenvalue weighted by Crippen LogP contribution is -2.61. The standard InChI is InChI=1S/C29H46O13/c1-6-26-38-12-9-21(41-26)8-11-37-10-7-20(32)15-25(34)40-23(17-30)16-22-13-19(14-24(33)36-5)27(39-18-31)29(35,42-22)28(2,3)4/h6,14,18,20-23,26-27,30,32,35H,1,7-13,15-17H2,2-5H3/b19-14+/t20-,21-,22?,23-,26+,27+,29-/m1/s1. The van der Waals surface area contributed by atoms with Crippen molar-refractivity contribution in [2.45, 2.75) is 102 Å². The molecule has 0 radical (unpaired) electrons. The number of aliphatic hydroxyl groups is 3. The maximum Gasteiger partial charge on any atom is 0.330 e. The maximum atomic E-state index is 12.5. The van der Waals surface area contributed by atoms with Gasteiger partial charge in [0, 0.05) is 31.1 Å². The average Bonchev–Trinajstić information content (AvgIpc) is 2.93. The predicted octanol–water partition coefficient (Wildman–Crippen LogP) is 1.31. The van der Waals surface area contributed by atoms with Crippen LogP contribution in [0.25, 0.3) is 0 Å². The molecule has 0 aromatic carbocycles. The van der Waals surface area contributed by atoms with E-state index in [2.05, 4.69) is 6.58 Å². The van der Waals surface area contributed by atoms with Gasteiger partial charge in [0.05, 0.1) is 45.1 Å². The van der Waals surface area contributed by atoms with E-state index in [-0.39, 0.29) is 50.4 Å². The normalized spacial score (nSPS) is 28.9. The Morgan fingerprint density at radius 2 is 1.98 bits per heavy atom. The molecular formula is C29H46O13. The molecule has 0 aromatic rings. The van der Waals surface area contributed by atoms with Gasteiger partial charge in [-0.05, 0) is 37.3 Å². The van der Waals surface area contributed by atoms with Gasteiger partial charge in [0.15, 0.2) is 12.4 Å². The van der Waals surface area contributed by atoms with Crippen LogP contribution < -0.4 is 0 Å². The number of methoxy groups -OCH3 is 1. The van der Waals surface area contributed by atoms with Crippen molar-refractivity contribution in [2.75, 3.05) is 33.5 Å². The Kier molecular flexibility index (Phi) is 14.5. The van der Waals surface area contributed by atoms with E-state index in [0.717, 1.165) is 12.5 Å². The number of rotatable bonds is 16. The predicted molar refractivity (Wildman–Crippen MR) is 147 cm³/mol. The van der Waals surface area contributed by atoms with E-state index in [1.165, 1.54) is 7.11 Å². The van der Waals surface area contributed by atoms with Gasteiger partial charge in [0.1, 0.15) is 6.10 Å². The molecular weight excluding hydrogens is 556 g/mol. The zero-order valence-electron chi connectivity index (χ0n) is 24.9. The lowest BCUT2D eigenvalue weighted by Gasteiger charge is -2.50. The maximum absolute atomic E-state index is 12.5. The zero-order valence-corrected chi connectivity index (χ0v) is 24.9. The molecule has 2 saturated heterocycles. The first-order valence-electron chi connectivity index (χ1n) is 14.1. The minimum absolute atomic E-state index is 0.0000627. The molecule has 13 nitrogen and oxygen atoms in total. The van der Waals surface area contributed by atoms with Crippen LogP contribution in [0.5, 0.6) is 0 Å². The Morgan fingerprint density at radius 3 is 2.60 bits per heavy atom. The molecule has 0 saturated carbocycles. The van der Waals surface area contributed by atoms with E-state index in [9.17, 15) is 29.7 Å². The Labute approximate surface area is 246 Å². The van der Waals surface area contributed by atoms with Crippen LogP contribution in [0.2, 0.25) is 0 Å². The lowest BCUT2D eigenvalue weighted by atomic mass is 9.76. The summed E-state index contributed by atoms with van der Waals surface area (Å²) in [5.74, 6) is -3.51. The third-order valence-corrected chi connectivity index (χ3v) is 7.12. The Bertz CT molecular complexity index is 914. The number of carbonyl (C=O) groups excluding carboxylic acids is 3. The van der Waals surface area contributed by atoms with E-state index < -0.39 is 60.5 Å². The van der Waals surface area contributed by atoms with Crippen molar-refractivity contribution in [1.82, 2.24) is 0 Å². The summed E-state index contributed by atoms with van der Waals surface area (Å²) in [7, 11) is 1.18. The first kappa shape index (κ1) is 35.8. The van der Waals surface area contributed by atoms with Crippen molar-refractivity contribution >= 4 is 18.4 Å². The van der Waals surface area contributed by atoms with Gasteiger partial charge in [0.2, 0.25) is 5.79 Å². The first-order valence-corrected chi connectivity index (χ1v) is 14.1. The highest BCUT2D eigenvalue weighted by molar-refractivity contribution is 5.83. The quantitative estimate of drug-likeness (QED) is 0.0576. The summed E-state index contributed by atoms with van der Waals surface area (Å²) < 4.78 is 37.8. The SMILES string of the molecule is C=C[C@H]1OCC[C@@H](CCOCC[C@@H](O)CC(=O)O[C@@H](CO)CC2C/C(=C\C(=O)OC)[C@H](OC=O)[C@](O)(C(C)(C)C)O2)O1. The molecule has 2 aliphatic rings. The van der Waals surface area contributed by atoms with E-state index in [4.69, 9.17) is 33.2 Å². The molecule has 2 rings (SSSR count). The van der Waals surface area contributed by atoms with Crippen molar-refractivity contribution in [1.29, 1.82) is 0 Å². The fourth-order valence-electron chi connectivity index (χ4n) is 4.73. The molecule has 42 heavy (non-hydrogen) atoms. The fourth-order valence-corrected chi connectivity index (χ4v) is 4.73. The minimum Gasteiger partial charge on any atom is -0.466 e. The van der Waals surface area contributed by atoms with Gasteiger partial charge in [-0.2, -0.15) is 0 Å². The van der Waals surface area contributed by atoms with Crippen LogP contribution in [0.15, 0.2) is 24.3 Å². The van der Waals surface area contributed by atoms with E-state index in [1.807, 2.05) is 0 Å². The number of esters is 2. The van der Waals surface area contributed by atoms with Crippen LogP contribution in [0.4, 0.5) is 0 Å². The Balaban J connectivity index is 1.89. The number of hydrogen-bond acceptors (Lipinski definition) is 13. The van der Waals surface area contributed by atoms with Crippen molar-refractivity contribution in [3.63, 3.8) is 0 Å². The second-order valence-corrected chi connectivity index (χ2v) is 11.3. The molecule has 0 spiro atoms. The van der Waals surface area contributed by atoms with Gasteiger partial charge in [-0.1, -0.05) is 27.4 Å². The third-order valence-electron chi connectivity index (χ3n) is 7.12. The lowest BCUT2D eigenvalue weighted by molar-refractivity contribution is -0.331. The molecule has 1 unspecified atom stereocenters. The molecule has 0 bridgehead atoms. The summed E-state index contributed by atoms with van der Waals surface area (Å²) in [6.45, 7) is 9.49. The van der Waals surface area contributed by atoms with Crippen LogP contribution in [-0.2, 0) is 47.5 Å². The van der Waals surface area contributed by atoms with Crippen molar-refractivity contribution in [3.05, 3.63) is 24.3 Å². The second kappa shape index (κ2) is 17.0. The fraction of sp³-hybridized carbons (Fsp3) is 0.759. The van der Waals surface area contributed by atoms with Crippen LogP contribution in [0.3, 0.4) is 0 Å². The van der Waals surface area contributed by atoms with Crippen LogP contribution in [0.1, 0.15) is 59.3 Å². The molecule has 13 heteroatoms. The van der Waals surface area contributed by atoms with Gasteiger partial charge < -0.3 is 48.5 Å². The Hall–Kier alpha value is -2.39. The molecule has 2 aliphatic heterocycles. The van der Waals surface area contributed by atoms with Crippen molar-refractivity contribution in [3.8, 4) is 0 Å². The van der Waals surface area contributed by atoms with Crippen molar-refractivity contribution < 1.29 is 62.9 Å². The molecule has 2 heterocycles. The smallest absolute Gasteiger partial charge is 0.330 e. The van der Waals surface area contributed by atoms with Crippen LogP contribution in [-0.4, -0.2) is 110 Å². The number of aliphatic hydroxyl groups excluding tert-OH is 2. The van der Waals surface area contributed by atoms with Gasteiger partial charge >= 0.3 is 11.9 Å². The van der Waals surface area contributed by atoms with E-state index >= 15 is 0 Å². The average molecular weight is 603 g/mol. The summed E-state index contributed by atoms with van der Waals surface area (Å²) >= 11 is 0. The number of hydrogen-bond donors (Lipinski definition) is 3. The van der Waals surface area contributed by atoms with Crippen molar-refractivity contribution in [2.24, 2.45) is 5.41 Å². The summed E-state index contributed by atoms with van der Waals surface area (Å²) in [5.41, 5.74) is -0.747. The molecule has 0 aliphatic carbocycles. The highest BCUT2D eigenvalue weighted by atomic mass is 16.7. The molecule has 240 valence electrons. The zero-order chi connectivity index (χ0) is 31.3. The minimum atomic E-state index is -2.05. The molecule has 2 fully saturated rings. The van der Waals surface area contributed by atoms with Gasteiger partial charge in [0.25, 0.3) is 6.47 Å². The Morgan fingerprint density at radius 1 is 1.24 bits per heavy atom. The number of ether oxygens (including phenoxy) is 7.